The fourth-order valence-electron chi connectivity index (χ4n) is 3.40. The second-order valence-corrected chi connectivity index (χ2v) is 8.48. The van der Waals surface area contributed by atoms with E-state index in [1.54, 1.807) is 0 Å². The Labute approximate surface area is 195 Å². The molecule has 1 saturated carbocycles. The van der Waals surface area contributed by atoms with Crippen LogP contribution in [0, 0.1) is 23.3 Å². The number of halogens is 8. The van der Waals surface area contributed by atoms with E-state index in [2.05, 4.69) is 31.4 Å². The minimum absolute atomic E-state index is 0.0252. The van der Waals surface area contributed by atoms with Crippen molar-refractivity contribution in [1.82, 2.24) is 19.6 Å². The van der Waals surface area contributed by atoms with E-state index in [1.807, 2.05) is 0 Å². The van der Waals surface area contributed by atoms with Crippen molar-refractivity contribution in [3.05, 3.63) is 63.0 Å². The Bertz CT molecular complexity index is 1220. The first-order valence-corrected chi connectivity index (χ1v) is 10.7. The molecule has 2 heterocycles. The van der Waals surface area contributed by atoms with Crippen LogP contribution >= 0.6 is 15.9 Å². The molecule has 3 aromatic rings. The maximum Gasteiger partial charge on any atom is 0.436 e. The summed E-state index contributed by atoms with van der Waals surface area (Å²) < 4.78 is 95.9. The molecule has 1 aromatic carbocycles. The second-order valence-electron chi connectivity index (χ2n) is 7.69. The van der Waals surface area contributed by atoms with Crippen molar-refractivity contribution in [2.24, 2.45) is 0 Å². The number of carbonyl (C=O) groups is 1. The maximum absolute atomic E-state index is 13.8. The first-order chi connectivity index (χ1) is 16.0. The standard InChI is InChI=1S/C20H15BrF7N5O/c21-15-18(9-1-2-9)33(31-19(15)20(26,27)28)6-4-14(34)29-13-3-5-32(30-13)8-10-16(24)11(22)7-12(23)17(10)25/h3,5,7,9H,1-2,4,6,8H2,(H,29,30,34). The monoisotopic (exact) mass is 553 g/mol. The third-order valence-corrected chi connectivity index (χ3v) is 5.93. The molecule has 0 bridgehead atoms. The average Bonchev–Trinajstić information content (AvgIpc) is 3.39. The normalized spacial score (nSPS) is 14.0. The molecule has 0 unspecified atom stereocenters. The van der Waals surface area contributed by atoms with Gasteiger partial charge in [0.1, 0.15) is 0 Å². The molecule has 0 saturated heterocycles. The van der Waals surface area contributed by atoms with Gasteiger partial charge >= 0.3 is 6.18 Å². The number of benzene rings is 1. The highest BCUT2D eigenvalue weighted by Gasteiger charge is 2.41. The minimum Gasteiger partial charge on any atom is -0.309 e. The number of carbonyl (C=O) groups excluding carboxylic acids is 1. The number of aryl methyl sites for hydroxylation is 1. The molecule has 1 fully saturated rings. The van der Waals surface area contributed by atoms with Crippen LogP contribution in [-0.4, -0.2) is 25.5 Å². The van der Waals surface area contributed by atoms with Gasteiger partial charge in [-0.05, 0) is 28.8 Å². The largest absolute Gasteiger partial charge is 0.436 e. The molecule has 2 aromatic heterocycles. The molecular formula is C20H15BrF7N5O. The van der Waals surface area contributed by atoms with Gasteiger partial charge in [0, 0.05) is 30.7 Å². The summed E-state index contributed by atoms with van der Waals surface area (Å²) in [6, 6.07) is 1.37. The number of rotatable bonds is 7. The third-order valence-electron chi connectivity index (χ3n) is 5.15. The summed E-state index contributed by atoms with van der Waals surface area (Å²) in [6.07, 6.45) is -2.20. The Kier molecular flexibility index (Phi) is 6.44. The van der Waals surface area contributed by atoms with Crippen LogP contribution in [0.15, 0.2) is 22.8 Å². The smallest absolute Gasteiger partial charge is 0.309 e. The molecule has 0 atom stereocenters. The highest BCUT2D eigenvalue weighted by molar-refractivity contribution is 9.10. The number of alkyl halides is 3. The Morgan fingerprint density at radius 2 is 1.76 bits per heavy atom. The van der Waals surface area contributed by atoms with Gasteiger partial charge in [0.05, 0.1) is 28.8 Å². The average molecular weight is 554 g/mol. The molecule has 1 aliphatic rings. The Balaban J connectivity index is 1.41. The third kappa shape index (κ3) is 4.95. The van der Waals surface area contributed by atoms with Crippen LogP contribution in [0.5, 0.6) is 0 Å². The fraction of sp³-hybridized carbons (Fsp3) is 0.350. The van der Waals surface area contributed by atoms with Gasteiger partial charge in [0.15, 0.2) is 34.8 Å². The van der Waals surface area contributed by atoms with Crippen LogP contribution < -0.4 is 5.32 Å². The summed E-state index contributed by atoms with van der Waals surface area (Å²) in [5, 5.41) is 9.90. The maximum atomic E-state index is 13.8. The molecule has 34 heavy (non-hydrogen) atoms. The lowest BCUT2D eigenvalue weighted by atomic mass is 10.2. The predicted molar refractivity (Wildman–Crippen MR) is 108 cm³/mol. The van der Waals surface area contributed by atoms with Crippen molar-refractivity contribution < 1.29 is 35.5 Å². The van der Waals surface area contributed by atoms with Crippen LogP contribution in [0.25, 0.3) is 0 Å². The molecular weight excluding hydrogens is 539 g/mol. The van der Waals surface area contributed by atoms with Gasteiger partial charge in [0.25, 0.3) is 0 Å². The van der Waals surface area contributed by atoms with Crippen molar-refractivity contribution in [1.29, 1.82) is 0 Å². The van der Waals surface area contributed by atoms with Crippen molar-refractivity contribution >= 4 is 27.7 Å². The lowest BCUT2D eigenvalue weighted by Crippen LogP contribution is -2.17. The summed E-state index contributed by atoms with van der Waals surface area (Å²) in [4.78, 5) is 12.3. The molecule has 14 heteroatoms. The Morgan fingerprint density at radius 1 is 1.12 bits per heavy atom. The number of nitrogens with one attached hydrogen (secondary N) is 1. The number of aromatic nitrogens is 4. The van der Waals surface area contributed by atoms with Crippen LogP contribution in [0.1, 0.15) is 42.1 Å². The van der Waals surface area contributed by atoms with Crippen LogP contribution in [0.2, 0.25) is 0 Å². The Morgan fingerprint density at radius 3 is 2.35 bits per heavy atom. The van der Waals surface area contributed by atoms with Gasteiger partial charge in [-0.1, -0.05) is 0 Å². The molecule has 1 amide bonds. The van der Waals surface area contributed by atoms with Gasteiger partial charge in [-0.15, -0.1) is 0 Å². The van der Waals surface area contributed by atoms with Crippen molar-refractivity contribution in [2.45, 2.75) is 44.4 Å². The minimum atomic E-state index is -4.65. The van der Waals surface area contributed by atoms with Crippen molar-refractivity contribution in [2.75, 3.05) is 5.32 Å². The topological polar surface area (TPSA) is 64.7 Å². The molecule has 0 radical (unpaired) electrons. The van der Waals surface area contributed by atoms with E-state index in [4.69, 9.17) is 0 Å². The number of hydrogen-bond donors (Lipinski definition) is 1. The summed E-state index contributed by atoms with van der Waals surface area (Å²) in [5.41, 5.74) is -1.55. The van der Waals surface area contributed by atoms with E-state index in [9.17, 15) is 35.5 Å². The van der Waals surface area contributed by atoms with Crippen LogP contribution in [0.4, 0.5) is 36.6 Å². The fourth-order valence-corrected chi connectivity index (χ4v) is 4.24. The molecule has 6 nitrogen and oxygen atoms in total. The highest BCUT2D eigenvalue weighted by atomic mass is 79.9. The molecule has 1 N–H and O–H groups in total. The summed E-state index contributed by atoms with van der Waals surface area (Å²) >= 11 is 2.97. The van der Waals surface area contributed by atoms with Gasteiger partial charge in [-0.2, -0.15) is 23.4 Å². The Hall–Kier alpha value is -2.90. The van der Waals surface area contributed by atoms with E-state index < -0.39 is 53.2 Å². The summed E-state index contributed by atoms with van der Waals surface area (Å²) in [7, 11) is 0. The van der Waals surface area contributed by atoms with E-state index in [1.165, 1.54) is 12.3 Å². The lowest BCUT2D eigenvalue weighted by Gasteiger charge is -2.08. The summed E-state index contributed by atoms with van der Waals surface area (Å²) in [5.74, 6) is -6.92. The van der Waals surface area contributed by atoms with Crippen molar-refractivity contribution in [3.8, 4) is 0 Å². The first-order valence-electron chi connectivity index (χ1n) is 9.94. The second kappa shape index (κ2) is 9.04. The quantitative estimate of drug-likeness (QED) is 0.316. The summed E-state index contributed by atoms with van der Waals surface area (Å²) in [6.45, 7) is -0.763. The van der Waals surface area contributed by atoms with E-state index >= 15 is 0 Å². The number of hydrogen-bond acceptors (Lipinski definition) is 3. The predicted octanol–water partition coefficient (Wildman–Crippen LogP) is 5.37. The SMILES string of the molecule is O=C(CCn1nc(C(F)(F)F)c(Br)c1C1CC1)Nc1ccn(Cc2c(F)c(F)cc(F)c2F)n1. The van der Waals surface area contributed by atoms with E-state index in [-0.39, 0.29) is 35.2 Å². The van der Waals surface area contributed by atoms with E-state index in [0.29, 0.717) is 5.69 Å². The molecule has 4 rings (SSSR count). The zero-order valence-electron chi connectivity index (χ0n) is 17.1. The van der Waals surface area contributed by atoms with Gasteiger partial charge < -0.3 is 5.32 Å². The highest BCUT2D eigenvalue weighted by Crippen LogP contribution is 2.47. The van der Waals surface area contributed by atoms with Crippen molar-refractivity contribution in [3.63, 3.8) is 0 Å². The molecule has 1 aliphatic carbocycles. The van der Waals surface area contributed by atoms with E-state index in [0.717, 1.165) is 22.2 Å². The van der Waals surface area contributed by atoms with Gasteiger partial charge in [-0.25, -0.2) is 17.6 Å². The molecule has 0 spiro atoms. The van der Waals surface area contributed by atoms with Crippen LogP contribution in [0.3, 0.4) is 0 Å². The van der Waals surface area contributed by atoms with Gasteiger partial charge in [0.2, 0.25) is 5.91 Å². The molecule has 182 valence electrons. The number of nitrogens with zero attached hydrogens (tertiary/aromatic N) is 4. The zero-order valence-corrected chi connectivity index (χ0v) is 18.7. The van der Waals surface area contributed by atoms with Crippen LogP contribution in [-0.2, 0) is 24.1 Å². The molecule has 0 aliphatic heterocycles. The lowest BCUT2D eigenvalue weighted by molar-refractivity contribution is -0.142. The first kappa shape index (κ1) is 24.2. The zero-order chi connectivity index (χ0) is 24.8. The van der Waals surface area contributed by atoms with Gasteiger partial charge in [-0.3, -0.25) is 14.2 Å². The number of amides is 1. The number of anilines is 1.